The van der Waals surface area contributed by atoms with E-state index in [-0.39, 0.29) is 23.9 Å². The molecule has 3 aliphatic rings. The zero-order chi connectivity index (χ0) is 21.2. The lowest BCUT2D eigenvalue weighted by Crippen LogP contribution is -2.56. The number of halogens is 3. The lowest BCUT2D eigenvalue weighted by molar-refractivity contribution is -0.137. The van der Waals surface area contributed by atoms with Crippen molar-refractivity contribution in [2.24, 2.45) is 0 Å². The normalized spacial score (nSPS) is 24.9. The summed E-state index contributed by atoms with van der Waals surface area (Å²) in [5.41, 5.74) is -0.489. The van der Waals surface area contributed by atoms with E-state index in [1.54, 1.807) is 25.1 Å². The van der Waals surface area contributed by atoms with Crippen molar-refractivity contribution in [1.29, 1.82) is 0 Å². The summed E-state index contributed by atoms with van der Waals surface area (Å²) < 4.78 is 72.0. The molecule has 1 saturated carbocycles. The third-order valence-corrected chi connectivity index (χ3v) is 9.16. The molecule has 0 bridgehead atoms. The van der Waals surface area contributed by atoms with Crippen molar-refractivity contribution in [3.8, 4) is 5.75 Å². The second-order valence-electron chi connectivity index (χ2n) is 9.31. The van der Waals surface area contributed by atoms with Crippen LogP contribution in [-0.2, 0) is 16.2 Å². The number of ether oxygens (including phenoxy) is 1. The molecule has 0 amide bonds. The molecule has 0 radical (unpaired) electrons. The number of anilines is 1. The van der Waals surface area contributed by atoms with Crippen LogP contribution in [0.4, 0.5) is 18.9 Å². The maximum absolute atomic E-state index is 13.2. The van der Waals surface area contributed by atoms with Gasteiger partial charge in [0.1, 0.15) is 12.4 Å². The fourth-order valence-corrected chi connectivity index (χ4v) is 6.51. The first-order valence-electron chi connectivity index (χ1n) is 9.98. The lowest BCUT2D eigenvalue weighted by Gasteiger charge is -2.46. The Kier molecular flexibility index (Phi) is 4.66. The van der Waals surface area contributed by atoms with E-state index in [0.717, 1.165) is 31.4 Å². The second kappa shape index (κ2) is 6.51. The number of hydrogen-bond donors (Lipinski definition) is 0. The van der Waals surface area contributed by atoms with Gasteiger partial charge >= 0.3 is 6.18 Å². The number of sulfonamides is 1. The summed E-state index contributed by atoms with van der Waals surface area (Å²) in [5.74, 6) is 0.214. The van der Waals surface area contributed by atoms with Gasteiger partial charge in [-0.25, -0.2) is 8.42 Å². The van der Waals surface area contributed by atoms with Crippen LogP contribution in [0.1, 0.15) is 52.0 Å². The molecule has 5 nitrogen and oxygen atoms in total. The minimum absolute atomic E-state index is 0.0770. The molecule has 2 fully saturated rings. The highest BCUT2D eigenvalue weighted by atomic mass is 32.2. The van der Waals surface area contributed by atoms with E-state index >= 15 is 0 Å². The number of rotatable bonds is 2. The van der Waals surface area contributed by atoms with Crippen molar-refractivity contribution in [2.45, 2.75) is 69.0 Å². The first-order chi connectivity index (χ1) is 13.4. The Morgan fingerprint density at radius 1 is 1.17 bits per heavy atom. The van der Waals surface area contributed by atoms with E-state index in [4.69, 9.17) is 4.74 Å². The Labute approximate surface area is 169 Å². The zero-order valence-corrected chi connectivity index (χ0v) is 17.7. The molecule has 4 rings (SSSR count). The predicted molar refractivity (Wildman–Crippen MR) is 105 cm³/mol. The van der Waals surface area contributed by atoms with Crippen molar-refractivity contribution >= 4 is 15.7 Å². The average molecular weight is 433 g/mol. The number of alkyl halides is 3. The topological polar surface area (TPSA) is 49.9 Å². The van der Waals surface area contributed by atoms with Gasteiger partial charge in [-0.1, -0.05) is 0 Å². The number of nitrogens with zero attached hydrogens (tertiary/aromatic N) is 2. The van der Waals surface area contributed by atoms with Crippen molar-refractivity contribution in [1.82, 2.24) is 4.31 Å². The summed E-state index contributed by atoms with van der Waals surface area (Å²) in [6, 6.07) is 3.48. The van der Waals surface area contributed by atoms with E-state index in [0.29, 0.717) is 25.2 Å². The van der Waals surface area contributed by atoms with Crippen LogP contribution >= 0.6 is 0 Å². The third-order valence-electron chi connectivity index (χ3n) is 6.50. The fraction of sp³-hybridized carbons (Fsp3) is 0.700. The van der Waals surface area contributed by atoms with Crippen LogP contribution in [0, 0.1) is 0 Å². The van der Waals surface area contributed by atoms with Gasteiger partial charge in [-0.05, 0) is 64.7 Å². The molecular formula is C20H27F3N2O3S. The largest absolute Gasteiger partial charge is 0.490 e. The summed E-state index contributed by atoms with van der Waals surface area (Å²) >= 11 is 0. The summed E-state index contributed by atoms with van der Waals surface area (Å²) in [6.45, 7) is 6.31. The smallest absolute Gasteiger partial charge is 0.416 e. The second-order valence-corrected chi connectivity index (χ2v) is 11.9. The minimum atomic E-state index is -4.43. The van der Waals surface area contributed by atoms with Crippen molar-refractivity contribution in [2.75, 3.05) is 24.6 Å². The van der Waals surface area contributed by atoms with E-state index in [2.05, 4.69) is 0 Å². The molecule has 2 aliphatic heterocycles. The maximum Gasteiger partial charge on any atom is 0.416 e. The van der Waals surface area contributed by atoms with Gasteiger partial charge in [0.25, 0.3) is 0 Å². The first kappa shape index (κ1) is 20.8. The molecule has 9 heteroatoms. The van der Waals surface area contributed by atoms with Crippen molar-refractivity contribution < 1.29 is 26.3 Å². The van der Waals surface area contributed by atoms with Gasteiger partial charge in [0.2, 0.25) is 10.0 Å². The van der Waals surface area contributed by atoms with Gasteiger partial charge in [0, 0.05) is 18.1 Å². The lowest BCUT2D eigenvalue weighted by atomic mass is 9.75. The molecule has 162 valence electrons. The molecule has 1 aromatic carbocycles. The molecular weight excluding hydrogens is 405 g/mol. The molecule has 1 atom stereocenters. The Hall–Kier alpha value is -1.48. The van der Waals surface area contributed by atoms with Gasteiger partial charge < -0.3 is 9.64 Å². The van der Waals surface area contributed by atoms with E-state index in [1.165, 1.54) is 6.07 Å². The summed E-state index contributed by atoms with van der Waals surface area (Å²) in [5, 5.41) is 0. The molecule has 1 saturated heterocycles. The molecule has 1 spiro atoms. The van der Waals surface area contributed by atoms with Crippen LogP contribution in [0.3, 0.4) is 0 Å². The summed E-state index contributed by atoms with van der Waals surface area (Å²) in [7, 11) is -3.49. The Morgan fingerprint density at radius 2 is 1.86 bits per heavy atom. The average Bonchev–Trinajstić information content (AvgIpc) is 3.01. The molecule has 1 unspecified atom stereocenters. The highest BCUT2D eigenvalue weighted by Crippen LogP contribution is 2.51. The highest BCUT2D eigenvalue weighted by molar-refractivity contribution is 7.90. The van der Waals surface area contributed by atoms with Gasteiger partial charge in [-0.2, -0.15) is 17.5 Å². The summed E-state index contributed by atoms with van der Waals surface area (Å²) in [6.07, 6.45) is -1.06. The van der Waals surface area contributed by atoms with Gasteiger partial charge in [-0.3, -0.25) is 0 Å². The fourth-order valence-electron chi connectivity index (χ4n) is 4.72. The van der Waals surface area contributed by atoms with Crippen LogP contribution in [0.2, 0.25) is 0 Å². The van der Waals surface area contributed by atoms with Crippen molar-refractivity contribution in [3.05, 3.63) is 23.8 Å². The zero-order valence-electron chi connectivity index (χ0n) is 16.9. The highest BCUT2D eigenvalue weighted by Gasteiger charge is 2.57. The van der Waals surface area contributed by atoms with Crippen LogP contribution in [-0.4, -0.2) is 48.7 Å². The number of hydrogen-bond acceptors (Lipinski definition) is 4. The molecule has 1 aromatic rings. The SMILES string of the molecule is CC(C)(C)S(=O)(=O)N1CC(N2CCOc3cc(C(F)(F)F)ccc32)CC12CCC2. The van der Waals surface area contributed by atoms with Crippen LogP contribution in [0.15, 0.2) is 18.2 Å². The van der Waals surface area contributed by atoms with Crippen molar-refractivity contribution in [3.63, 3.8) is 0 Å². The van der Waals surface area contributed by atoms with Crippen LogP contribution in [0.25, 0.3) is 0 Å². The monoisotopic (exact) mass is 432 g/mol. The molecule has 2 heterocycles. The van der Waals surface area contributed by atoms with E-state index in [1.807, 2.05) is 4.90 Å². The Bertz CT molecular complexity index is 905. The predicted octanol–water partition coefficient (Wildman–Crippen LogP) is 4.03. The first-order valence-corrected chi connectivity index (χ1v) is 11.4. The van der Waals surface area contributed by atoms with Gasteiger partial charge in [-0.15, -0.1) is 0 Å². The van der Waals surface area contributed by atoms with E-state index < -0.39 is 26.5 Å². The maximum atomic E-state index is 13.2. The standard InChI is InChI=1S/C20H27F3N2O3S/c1-18(2,3)29(26,27)25-13-15(12-19(25)7-4-8-19)24-9-10-28-17-11-14(20(21,22)23)5-6-16(17)24/h5-6,11,15H,4,7-10,12-13H2,1-3H3. The minimum Gasteiger partial charge on any atom is -0.490 e. The van der Waals surface area contributed by atoms with Gasteiger partial charge in [0.05, 0.1) is 22.5 Å². The Morgan fingerprint density at radius 3 is 2.41 bits per heavy atom. The van der Waals surface area contributed by atoms with Crippen LogP contribution < -0.4 is 9.64 Å². The molecule has 1 aliphatic carbocycles. The quantitative estimate of drug-likeness (QED) is 0.708. The molecule has 0 N–H and O–H groups in total. The Balaban J connectivity index is 1.66. The number of benzene rings is 1. The molecule has 29 heavy (non-hydrogen) atoms. The third kappa shape index (κ3) is 3.30. The molecule has 0 aromatic heterocycles. The van der Waals surface area contributed by atoms with E-state index in [9.17, 15) is 21.6 Å². The summed E-state index contributed by atoms with van der Waals surface area (Å²) in [4.78, 5) is 2.04. The van der Waals surface area contributed by atoms with Gasteiger partial charge in [0.15, 0.2) is 0 Å². The number of fused-ring (bicyclic) bond motifs is 1. The van der Waals surface area contributed by atoms with Crippen LogP contribution in [0.5, 0.6) is 5.75 Å².